The van der Waals surface area contributed by atoms with Gasteiger partial charge in [0.25, 0.3) is 5.56 Å². The Bertz CT molecular complexity index is 1780. The minimum absolute atomic E-state index is 0.0792. The summed E-state index contributed by atoms with van der Waals surface area (Å²) in [5, 5.41) is 10.8. The van der Waals surface area contributed by atoms with Gasteiger partial charge in [-0.25, -0.2) is 9.36 Å². The molecule has 1 aliphatic heterocycles. The summed E-state index contributed by atoms with van der Waals surface area (Å²) >= 11 is 0. The van der Waals surface area contributed by atoms with Crippen molar-refractivity contribution in [2.45, 2.75) is 71.3 Å². The number of phosphoric ester groups is 1. The number of carbonyl (C=O) groups excluding carboxylic acids is 10. The van der Waals surface area contributed by atoms with Crippen LogP contribution in [0.4, 0.5) is 0 Å². The van der Waals surface area contributed by atoms with Gasteiger partial charge in [0.2, 0.25) is 0 Å². The van der Waals surface area contributed by atoms with Crippen molar-refractivity contribution in [1.82, 2.24) is 9.55 Å². The molecule has 0 saturated carbocycles. The average Bonchev–Trinajstić information content (AvgIpc) is 3.54. The molecule has 24 nitrogen and oxygen atoms in total. The van der Waals surface area contributed by atoms with E-state index in [2.05, 4.69) is 14.5 Å². The molecule has 326 valence electrons. The Hall–Kier alpha value is -5.07. The van der Waals surface area contributed by atoms with Crippen LogP contribution in [0, 0.1) is 17.8 Å². The zero-order chi connectivity index (χ0) is 44.4. The van der Waals surface area contributed by atoms with Crippen molar-refractivity contribution in [1.29, 1.82) is 0 Å². The molecule has 2 heterocycles. The SMILES string of the molecule is CC(=O)OCOCC(COP(=O)(OC[C@H]1O[C@@H](n2cc(C)c(=O)[nH]c2=O)CC1O)OCC(COCOC(C)=O)(C(=O)CC=O)C(=O)CC=O)(C(=O)CC=O)C(=O)CC=O. The zero-order valence-electron chi connectivity index (χ0n) is 32.0. The van der Waals surface area contributed by atoms with Crippen molar-refractivity contribution in [3.05, 3.63) is 32.6 Å². The van der Waals surface area contributed by atoms with Gasteiger partial charge >= 0.3 is 25.5 Å². The molecule has 2 rings (SSSR count). The van der Waals surface area contributed by atoms with Gasteiger partial charge in [-0.1, -0.05) is 0 Å². The lowest BCUT2D eigenvalue weighted by atomic mass is 9.78. The van der Waals surface area contributed by atoms with Gasteiger partial charge < -0.3 is 48.0 Å². The first kappa shape index (κ1) is 50.1. The second-order valence-electron chi connectivity index (χ2n) is 12.7. The molecular formula is C34H43N2O22P. The Morgan fingerprint density at radius 1 is 0.780 bits per heavy atom. The van der Waals surface area contributed by atoms with Gasteiger partial charge in [-0.2, -0.15) is 0 Å². The first-order valence-corrected chi connectivity index (χ1v) is 18.8. The number of nitrogens with zero attached hydrogens (tertiary/aromatic N) is 1. The maximum Gasteiger partial charge on any atom is 0.474 e. The van der Waals surface area contributed by atoms with E-state index < -0.39 is 156 Å². The molecule has 0 amide bonds. The quantitative estimate of drug-likeness (QED) is 0.0218. The fourth-order valence-corrected chi connectivity index (χ4v) is 6.60. The molecule has 0 radical (unpaired) electrons. The van der Waals surface area contributed by atoms with Crippen molar-refractivity contribution in [2.75, 3.05) is 46.6 Å². The lowest BCUT2D eigenvalue weighted by molar-refractivity contribution is -0.164. The Kier molecular flexibility index (Phi) is 19.9. The second-order valence-corrected chi connectivity index (χ2v) is 14.4. The van der Waals surface area contributed by atoms with Crippen LogP contribution in [-0.4, -0.2) is 134 Å². The van der Waals surface area contributed by atoms with Crippen molar-refractivity contribution < 1.29 is 94.9 Å². The molecule has 25 heteroatoms. The molecule has 3 atom stereocenters. The number of Topliss-reactive ketones (excluding diaryl/α,β-unsaturated/α-hetero) is 4. The maximum absolute atomic E-state index is 14.6. The summed E-state index contributed by atoms with van der Waals surface area (Å²) in [6, 6.07) is 0. The molecule has 1 saturated heterocycles. The van der Waals surface area contributed by atoms with Crippen LogP contribution in [0.2, 0.25) is 0 Å². The number of rotatable bonds is 30. The van der Waals surface area contributed by atoms with E-state index in [9.17, 15) is 67.2 Å². The van der Waals surface area contributed by atoms with E-state index in [4.69, 9.17) is 27.8 Å². The summed E-state index contributed by atoms with van der Waals surface area (Å²) in [4.78, 5) is 148. The Labute approximate surface area is 333 Å². The Morgan fingerprint density at radius 2 is 1.20 bits per heavy atom. The number of nitrogens with one attached hydrogen (secondary N) is 1. The third kappa shape index (κ3) is 14.0. The largest absolute Gasteiger partial charge is 0.474 e. The number of aliphatic hydroxyl groups is 1. The topological polar surface area (TPSA) is 337 Å². The summed E-state index contributed by atoms with van der Waals surface area (Å²) in [5.74, 6) is -6.76. The van der Waals surface area contributed by atoms with E-state index in [0.29, 0.717) is 0 Å². The highest BCUT2D eigenvalue weighted by Gasteiger charge is 2.51. The number of aliphatic hydroxyl groups excluding tert-OH is 1. The van der Waals surface area contributed by atoms with E-state index in [1.54, 1.807) is 0 Å². The molecule has 0 aromatic carbocycles. The molecule has 0 spiro atoms. The van der Waals surface area contributed by atoms with Gasteiger partial charge in [0, 0.05) is 32.0 Å². The molecular weight excluding hydrogens is 819 g/mol. The lowest BCUT2D eigenvalue weighted by Crippen LogP contribution is -2.48. The molecule has 1 aromatic heterocycles. The molecule has 0 aliphatic carbocycles. The third-order valence-corrected chi connectivity index (χ3v) is 9.95. The van der Waals surface area contributed by atoms with E-state index in [0.717, 1.165) is 24.6 Å². The summed E-state index contributed by atoms with van der Waals surface area (Å²) < 4.78 is 57.2. The first-order chi connectivity index (χ1) is 27.8. The van der Waals surface area contributed by atoms with E-state index >= 15 is 0 Å². The summed E-state index contributed by atoms with van der Waals surface area (Å²) in [6.45, 7) is -4.27. The maximum atomic E-state index is 14.6. The number of hydrogen-bond donors (Lipinski definition) is 2. The van der Waals surface area contributed by atoms with Crippen LogP contribution in [0.1, 0.15) is 57.7 Å². The molecule has 2 N–H and O–H groups in total. The van der Waals surface area contributed by atoms with Crippen LogP contribution in [-0.2, 0) is 89.8 Å². The van der Waals surface area contributed by atoms with Gasteiger partial charge in [0.15, 0.2) is 36.7 Å². The molecule has 1 aromatic rings. The van der Waals surface area contributed by atoms with Crippen molar-refractivity contribution in [3.8, 4) is 0 Å². The van der Waals surface area contributed by atoms with E-state index in [-0.39, 0.29) is 37.1 Å². The van der Waals surface area contributed by atoms with E-state index in [1.807, 2.05) is 0 Å². The van der Waals surface area contributed by atoms with Crippen molar-refractivity contribution in [3.63, 3.8) is 0 Å². The highest BCUT2D eigenvalue weighted by Crippen LogP contribution is 2.53. The number of phosphoric acid groups is 1. The van der Waals surface area contributed by atoms with Crippen molar-refractivity contribution >= 4 is 68.0 Å². The van der Waals surface area contributed by atoms with Crippen molar-refractivity contribution in [2.24, 2.45) is 10.8 Å². The second kappa shape index (κ2) is 23.5. The molecule has 1 fully saturated rings. The molecule has 0 bridgehead atoms. The average molecular weight is 863 g/mol. The monoisotopic (exact) mass is 862 g/mol. The van der Waals surface area contributed by atoms with Crippen LogP contribution >= 0.6 is 7.82 Å². The Morgan fingerprint density at radius 3 is 1.59 bits per heavy atom. The fourth-order valence-electron chi connectivity index (χ4n) is 5.29. The number of esters is 2. The highest BCUT2D eigenvalue weighted by atomic mass is 31.2. The normalized spacial score (nSPS) is 16.8. The number of ether oxygens (including phenoxy) is 5. The standard InChI is InChI=1S/C34H43N2O22P/c1-21-13-36(32(49)35-31(21)48)30-12-24(43)25(58-30)14-55-59(50,56-17-33(26(44)4-8-37,27(45)5-9-38)15-51-19-53-22(2)41)57-18-34(28(46)6-10-39,29(47)7-11-40)16-52-20-54-23(3)42/h8-11,13,24-25,30,43H,4-7,12,14-20H2,1-3H3,(H,35,48,49)/t24?,25-,30-/m1/s1. The van der Waals surface area contributed by atoms with Crippen LogP contribution in [0.5, 0.6) is 0 Å². The number of ketones is 4. The summed E-state index contributed by atoms with van der Waals surface area (Å²) in [7, 11) is -5.50. The minimum Gasteiger partial charge on any atom is -0.439 e. The molecule has 59 heavy (non-hydrogen) atoms. The first-order valence-electron chi connectivity index (χ1n) is 17.3. The summed E-state index contributed by atoms with van der Waals surface area (Å²) in [6.07, 6.45) is -7.10. The van der Waals surface area contributed by atoms with Gasteiger partial charge in [-0.05, 0) is 6.92 Å². The third-order valence-electron chi connectivity index (χ3n) is 8.59. The fraction of sp³-hybridized carbons (Fsp3) is 0.588. The van der Waals surface area contributed by atoms with E-state index in [1.165, 1.54) is 6.92 Å². The highest BCUT2D eigenvalue weighted by molar-refractivity contribution is 7.48. The summed E-state index contributed by atoms with van der Waals surface area (Å²) in [5.41, 5.74) is -6.90. The predicted molar refractivity (Wildman–Crippen MR) is 189 cm³/mol. The number of H-pyrrole nitrogens is 1. The lowest BCUT2D eigenvalue weighted by Gasteiger charge is -2.33. The Balaban J connectivity index is 2.66. The van der Waals surface area contributed by atoms with Gasteiger partial charge in [0.05, 0.1) is 64.8 Å². The number of aryl methyl sites for hydroxylation is 1. The minimum atomic E-state index is -5.50. The van der Waals surface area contributed by atoms with Gasteiger partial charge in [-0.3, -0.25) is 56.7 Å². The van der Waals surface area contributed by atoms with Crippen LogP contribution in [0.25, 0.3) is 0 Å². The van der Waals surface area contributed by atoms with Crippen LogP contribution in [0.3, 0.4) is 0 Å². The number of hydrogen-bond acceptors (Lipinski definition) is 22. The number of aromatic nitrogens is 2. The number of aromatic amines is 1. The van der Waals surface area contributed by atoms with Gasteiger partial charge in [-0.15, -0.1) is 0 Å². The van der Waals surface area contributed by atoms with Crippen LogP contribution < -0.4 is 11.2 Å². The molecule has 1 unspecified atom stereocenters. The number of carbonyl (C=O) groups is 10. The predicted octanol–water partition coefficient (Wildman–Crippen LogP) is -1.67. The van der Waals surface area contributed by atoms with Gasteiger partial charge in [0.1, 0.15) is 48.3 Å². The van der Waals surface area contributed by atoms with Crippen LogP contribution in [0.15, 0.2) is 15.8 Å². The smallest absolute Gasteiger partial charge is 0.439 e. The number of aldehydes is 4. The zero-order valence-corrected chi connectivity index (χ0v) is 32.9. The molecule has 1 aliphatic rings.